The Morgan fingerprint density at radius 3 is 2.42 bits per heavy atom. The predicted octanol–water partition coefficient (Wildman–Crippen LogP) is 0.432. The quantitative estimate of drug-likeness (QED) is 0.149. The van der Waals surface area contributed by atoms with Crippen molar-refractivity contribution in [3.63, 3.8) is 0 Å². The highest BCUT2D eigenvalue weighted by Gasteiger charge is 2.71. The number of aliphatic hydroxyl groups excluding tert-OH is 7. The summed E-state index contributed by atoms with van der Waals surface area (Å²) in [6.07, 6.45) is -9.47. The van der Waals surface area contributed by atoms with Crippen LogP contribution >= 0.6 is 0 Å². The van der Waals surface area contributed by atoms with Crippen LogP contribution in [0.15, 0.2) is 23.8 Å². The zero-order chi connectivity index (χ0) is 39.5. The molecule has 7 N–H and O–H groups in total. The predicted molar refractivity (Wildman–Crippen MR) is 189 cm³/mol. The van der Waals surface area contributed by atoms with Gasteiger partial charge in [0.2, 0.25) is 5.79 Å². The Kier molecular flexibility index (Phi) is 10.5. The van der Waals surface area contributed by atoms with Gasteiger partial charge in [-0.2, -0.15) is 0 Å². The van der Waals surface area contributed by atoms with E-state index in [4.69, 9.17) is 33.2 Å². The summed E-state index contributed by atoms with van der Waals surface area (Å²) in [5.41, 5.74) is 0.906. The third-order valence-corrected chi connectivity index (χ3v) is 15.5. The van der Waals surface area contributed by atoms with Crippen LogP contribution in [0.4, 0.5) is 0 Å². The van der Waals surface area contributed by atoms with E-state index in [2.05, 4.69) is 33.4 Å². The minimum atomic E-state index is -1.67. The highest BCUT2D eigenvalue weighted by Crippen LogP contribution is 2.71. The molecule has 22 atom stereocenters. The molecule has 4 saturated heterocycles. The van der Waals surface area contributed by atoms with Gasteiger partial charge in [-0.3, -0.25) is 4.79 Å². The fourth-order valence-corrected chi connectivity index (χ4v) is 12.6. The molecule has 22 unspecified atom stereocenters. The van der Waals surface area contributed by atoms with Crippen LogP contribution in [0.5, 0.6) is 0 Å². The molecule has 0 aromatic rings. The molecule has 310 valence electrons. The van der Waals surface area contributed by atoms with Crippen LogP contribution in [0.3, 0.4) is 0 Å². The third-order valence-electron chi connectivity index (χ3n) is 15.5. The maximum atomic E-state index is 11.6. The van der Waals surface area contributed by atoms with Crippen LogP contribution in [0.1, 0.15) is 73.1 Å². The topological polar surface area (TPSA) is 223 Å². The van der Waals surface area contributed by atoms with E-state index >= 15 is 0 Å². The van der Waals surface area contributed by atoms with E-state index in [0.29, 0.717) is 18.4 Å². The highest BCUT2D eigenvalue weighted by molar-refractivity contribution is 5.66. The van der Waals surface area contributed by atoms with E-state index in [9.17, 15) is 40.5 Å². The fourth-order valence-electron chi connectivity index (χ4n) is 12.6. The first-order chi connectivity index (χ1) is 25.9. The standard InChI is InChI=1S/C40H60O15/c1-16-14-50-40(35(48)29(16)44)17(2)28-26(55-40)13-24-22-8-7-20-11-21(42)12-27(39(20,6)23(22)9-10-38(24,28)5)53-37-34(30(45)25(43)15-49-37)54-36-32(47)31(46)33(18(3)51-36)52-19(4)41/h7,17-18,21-37,42-48H,1,8-15H2,2-6H3. The van der Waals surface area contributed by atoms with Gasteiger partial charge in [0.05, 0.1) is 37.6 Å². The SMILES string of the molecule is C=C1COC2(OC3CC4C5CC=C6CC(O)CC(OC7OCC(O)C(O)C7OC7OC(C)C(OC(C)=O)C(O)C7O)C6(C)C5CCC4(C)C3C2C)C(O)C1O. The van der Waals surface area contributed by atoms with Gasteiger partial charge in [0.1, 0.15) is 42.7 Å². The molecule has 0 bridgehead atoms. The molecule has 0 aromatic carbocycles. The summed E-state index contributed by atoms with van der Waals surface area (Å²) in [6, 6.07) is 0. The second-order valence-electron chi connectivity index (χ2n) is 18.3. The molecular weight excluding hydrogens is 720 g/mol. The number of hydrogen-bond acceptors (Lipinski definition) is 15. The molecule has 15 heteroatoms. The molecule has 3 saturated carbocycles. The lowest BCUT2D eigenvalue weighted by Crippen LogP contribution is -2.64. The Morgan fingerprint density at radius 2 is 1.69 bits per heavy atom. The van der Waals surface area contributed by atoms with Gasteiger partial charge in [0.25, 0.3) is 0 Å². The number of hydrogen-bond donors (Lipinski definition) is 7. The molecule has 4 heterocycles. The number of carbonyl (C=O) groups excluding carboxylic acids is 1. The lowest BCUT2D eigenvalue weighted by atomic mass is 9.46. The number of fused-ring (bicyclic) bond motifs is 7. The zero-order valence-electron chi connectivity index (χ0n) is 32.3. The van der Waals surface area contributed by atoms with Crippen LogP contribution < -0.4 is 0 Å². The van der Waals surface area contributed by atoms with E-state index in [1.807, 2.05) is 0 Å². The van der Waals surface area contributed by atoms with Crippen LogP contribution in [-0.4, -0.2) is 147 Å². The Bertz CT molecular complexity index is 1520. The molecule has 8 rings (SSSR count). The van der Waals surface area contributed by atoms with Gasteiger partial charge in [-0.1, -0.05) is 39.0 Å². The third kappa shape index (κ3) is 6.13. The summed E-state index contributed by atoms with van der Waals surface area (Å²) in [5, 5.41) is 76.9. The normalized spacial score (nSPS) is 56.3. The Hall–Kier alpha value is -1.57. The van der Waals surface area contributed by atoms with Gasteiger partial charge in [0, 0.05) is 24.7 Å². The average molecular weight is 781 g/mol. The van der Waals surface area contributed by atoms with Gasteiger partial charge in [-0.05, 0) is 73.7 Å². The number of aliphatic hydroxyl groups is 7. The Labute approximate surface area is 321 Å². The lowest BCUT2D eigenvalue weighted by Gasteiger charge is -2.60. The molecular formula is C40H60O15. The van der Waals surface area contributed by atoms with Gasteiger partial charge in [-0.25, -0.2) is 0 Å². The molecule has 55 heavy (non-hydrogen) atoms. The van der Waals surface area contributed by atoms with Crippen molar-refractivity contribution in [2.75, 3.05) is 13.2 Å². The molecule has 0 aromatic heterocycles. The van der Waals surface area contributed by atoms with Crippen molar-refractivity contribution in [1.82, 2.24) is 0 Å². The van der Waals surface area contributed by atoms with Crippen molar-refractivity contribution >= 4 is 5.97 Å². The van der Waals surface area contributed by atoms with E-state index in [1.54, 1.807) is 6.92 Å². The number of ether oxygens (including phenoxy) is 7. The van der Waals surface area contributed by atoms with Gasteiger partial charge in [0.15, 0.2) is 18.7 Å². The van der Waals surface area contributed by atoms with Crippen LogP contribution in [0, 0.1) is 40.4 Å². The van der Waals surface area contributed by atoms with Crippen molar-refractivity contribution in [2.24, 2.45) is 40.4 Å². The molecule has 0 amide bonds. The van der Waals surface area contributed by atoms with Gasteiger partial charge in [-0.15, -0.1) is 0 Å². The minimum Gasteiger partial charge on any atom is -0.457 e. The van der Waals surface area contributed by atoms with Crippen molar-refractivity contribution < 1.29 is 73.7 Å². The fraction of sp³-hybridized carbons (Fsp3) is 0.875. The van der Waals surface area contributed by atoms with Crippen molar-refractivity contribution in [3.05, 3.63) is 23.8 Å². The first-order valence-electron chi connectivity index (χ1n) is 20.1. The summed E-state index contributed by atoms with van der Waals surface area (Å²) in [4.78, 5) is 11.6. The van der Waals surface area contributed by atoms with E-state index in [1.165, 1.54) is 6.92 Å². The van der Waals surface area contributed by atoms with Crippen LogP contribution in [0.2, 0.25) is 0 Å². The maximum absolute atomic E-state index is 11.6. The number of carbonyl (C=O) groups is 1. The van der Waals surface area contributed by atoms with Crippen molar-refractivity contribution in [2.45, 2.75) is 165 Å². The van der Waals surface area contributed by atoms with Crippen LogP contribution in [0.25, 0.3) is 0 Å². The highest BCUT2D eigenvalue weighted by atomic mass is 16.8. The smallest absolute Gasteiger partial charge is 0.303 e. The first-order valence-corrected chi connectivity index (χ1v) is 20.1. The Balaban J connectivity index is 1.03. The van der Waals surface area contributed by atoms with Crippen molar-refractivity contribution in [1.29, 1.82) is 0 Å². The molecule has 4 aliphatic heterocycles. The molecule has 0 radical (unpaired) electrons. The average Bonchev–Trinajstić information content (AvgIpc) is 3.59. The molecule has 15 nitrogen and oxygen atoms in total. The maximum Gasteiger partial charge on any atom is 0.303 e. The van der Waals surface area contributed by atoms with Crippen LogP contribution in [-0.2, 0) is 38.0 Å². The molecule has 7 fully saturated rings. The van der Waals surface area contributed by atoms with Gasteiger partial charge < -0.3 is 68.9 Å². The van der Waals surface area contributed by atoms with Crippen molar-refractivity contribution in [3.8, 4) is 0 Å². The summed E-state index contributed by atoms with van der Waals surface area (Å²) in [5.74, 6) is -1.29. The van der Waals surface area contributed by atoms with E-state index in [0.717, 1.165) is 31.3 Å². The Morgan fingerprint density at radius 1 is 0.945 bits per heavy atom. The summed E-state index contributed by atoms with van der Waals surface area (Å²) in [6.45, 7) is 13.1. The molecule has 8 aliphatic rings. The summed E-state index contributed by atoms with van der Waals surface area (Å²) >= 11 is 0. The minimum absolute atomic E-state index is 0.106. The zero-order valence-corrected chi connectivity index (χ0v) is 32.3. The van der Waals surface area contributed by atoms with E-state index in [-0.39, 0.29) is 54.3 Å². The molecule has 4 aliphatic carbocycles. The second kappa shape index (κ2) is 14.3. The monoisotopic (exact) mass is 780 g/mol. The van der Waals surface area contributed by atoms with Gasteiger partial charge >= 0.3 is 5.97 Å². The number of allylic oxidation sites excluding steroid dienone is 1. The summed E-state index contributed by atoms with van der Waals surface area (Å²) in [7, 11) is 0. The summed E-state index contributed by atoms with van der Waals surface area (Å²) < 4.78 is 42.8. The van der Waals surface area contributed by atoms with E-state index < -0.39 is 96.9 Å². The lowest BCUT2D eigenvalue weighted by molar-refractivity contribution is -0.363. The first kappa shape index (κ1) is 40.2. The molecule has 1 spiro atoms. The number of esters is 1. The largest absolute Gasteiger partial charge is 0.457 e. The number of rotatable bonds is 5. The second-order valence-corrected chi connectivity index (χ2v) is 18.3.